The number of benzene rings is 2. The summed E-state index contributed by atoms with van der Waals surface area (Å²) in [6, 6.07) is 10.4. The van der Waals surface area contributed by atoms with Crippen molar-refractivity contribution in [3.63, 3.8) is 0 Å². The van der Waals surface area contributed by atoms with Crippen LogP contribution in [0.5, 0.6) is 5.75 Å². The molecule has 12 heteroatoms. The van der Waals surface area contributed by atoms with Crippen molar-refractivity contribution in [3.05, 3.63) is 105 Å². The van der Waals surface area contributed by atoms with E-state index in [0.717, 1.165) is 11.6 Å². The number of hydrogen-bond acceptors (Lipinski definition) is 7. The zero-order valence-electron chi connectivity index (χ0n) is 22.4. The predicted molar refractivity (Wildman–Crippen MR) is 150 cm³/mol. The monoisotopic (exact) mass is 598 g/mol. The zero-order valence-corrected chi connectivity index (χ0v) is 23.3. The average Bonchev–Trinajstić information content (AvgIpc) is 3.27. The number of carbonyl (C=O) groups is 1. The molecule has 2 aromatic carbocycles. The van der Waals surface area contributed by atoms with Gasteiger partial charge < -0.3 is 9.84 Å². The van der Waals surface area contributed by atoms with Gasteiger partial charge in [-0.2, -0.15) is 23.4 Å². The van der Waals surface area contributed by atoms with Crippen molar-refractivity contribution in [1.29, 1.82) is 0 Å². The van der Waals surface area contributed by atoms with Crippen LogP contribution in [0.2, 0.25) is 0 Å². The number of ether oxygens (including phenoxy) is 1. The van der Waals surface area contributed by atoms with Crippen LogP contribution in [0.3, 0.4) is 0 Å². The van der Waals surface area contributed by atoms with E-state index in [2.05, 4.69) is 27.1 Å². The molecular weight excluding hydrogens is 572 g/mol. The molecule has 1 atom stereocenters. The summed E-state index contributed by atoms with van der Waals surface area (Å²) >= 11 is 1.26. The zero-order chi connectivity index (χ0) is 30.2. The number of aryl methyl sites for hydroxylation is 1. The number of allylic oxidation sites excluding steroid dienone is 2. The number of carboxylic acids is 1. The summed E-state index contributed by atoms with van der Waals surface area (Å²) in [5.74, 6) is 4.31. The van der Waals surface area contributed by atoms with Crippen molar-refractivity contribution < 1.29 is 32.2 Å². The highest BCUT2D eigenvalue weighted by atomic mass is 32.1. The Hall–Kier alpha value is -4.34. The molecule has 1 aromatic heterocycles. The summed E-state index contributed by atoms with van der Waals surface area (Å²) in [7, 11) is 1.82. The molecule has 218 valence electrons. The van der Waals surface area contributed by atoms with E-state index in [1.165, 1.54) is 59.5 Å². The third-order valence-corrected chi connectivity index (χ3v) is 7.15. The molecule has 0 radical (unpaired) electrons. The molecule has 4 rings (SSSR count). The van der Waals surface area contributed by atoms with E-state index in [1.54, 1.807) is 18.2 Å². The lowest BCUT2D eigenvalue weighted by atomic mass is 9.89. The van der Waals surface area contributed by atoms with Gasteiger partial charge in [-0.25, -0.2) is 14.2 Å². The fourth-order valence-corrected chi connectivity index (χ4v) is 4.95. The van der Waals surface area contributed by atoms with Gasteiger partial charge in [-0.1, -0.05) is 42.2 Å². The summed E-state index contributed by atoms with van der Waals surface area (Å²) in [5, 5.41) is 16.2. The molecule has 3 aromatic rings. The maximum atomic E-state index is 14.5. The SMILES string of the molecule is CN(CC#Cc1ccc(OCCCc2scnc2C(=O)O)c(F)c1)Cc1ccc(C2(C(F)(F)F)C=CC=CN=N2)cc1. The normalized spacial score (nSPS) is 16.2. The van der Waals surface area contributed by atoms with E-state index < -0.39 is 23.5 Å². The Morgan fingerprint density at radius 1 is 1.17 bits per heavy atom. The first-order valence-corrected chi connectivity index (χ1v) is 13.6. The number of carboxylic acid groups (broad SMARTS) is 1. The van der Waals surface area contributed by atoms with Gasteiger partial charge >= 0.3 is 12.1 Å². The highest BCUT2D eigenvalue weighted by molar-refractivity contribution is 7.09. The van der Waals surface area contributed by atoms with E-state index >= 15 is 0 Å². The molecule has 1 aliphatic rings. The van der Waals surface area contributed by atoms with Crippen LogP contribution in [0.25, 0.3) is 0 Å². The number of nitrogens with zero attached hydrogens (tertiary/aromatic N) is 4. The van der Waals surface area contributed by atoms with E-state index in [1.807, 2.05) is 11.9 Å². The number of alkyl halides is 3. The fourth-order valence-electron chi connectivity index (χ4n) is 4.15. The van der Waals surface area contributed by atoms with Crippen molar-refractivity contribution in [2.24, 2.45) is 10.2 Å². The van der Waals surface area contributed by atoms with Crippen LogP contribution in [0.4, 0.5) is 17.6 Å². The first-order valence-electron chi connectivity index (χ1n) is 12.8. The molecule has 0 fully saturated rings. The second-order valence-corrected chi connectivity index (χ2v) is 10.3. The summed E-state index contributed by atoms with van der Waals surface area (Å²) < 4.78 is 61.8. The molecule has 7 nitrogen and oxygen atoms in total. The van der Waals surface area contributed by atoms with Gasteiger partial charge in [0.25, 0.3) is 0 Å². The lowest BCUT2D eigenvalue weighted by Gasteiger charge is -2.28. The van der Waals surface area contributed by atoms with Crippen molar-refractivity contribution in [2.45, 2.75) is 31.1 Å². The van der Waals surface area contributed by atoms with Gasteiger partial charge in [0.2, 0.25) is 5.54 Å². The van der Waals surface area contributed by atoms with Crippen LogP contribution >= 0.6 is 11.3 Å². The molecule has 2 heterocycles. The number of hydrogen-bond donors (Lipinski definition) is 1. The lowest BCUT2D eigenvalue weighted by Crippen LogP contribution is -2.38. The van der Waals surface area contributed by atoms with Crippen molar-refractivity contribution in [3.8, 4) is 17.6 Å². The third-order valence-electron chi connectivity index (χ3n) is 6.26. The smallest absolute Gasteiger partial charge is 0.423 e. The molecule has 0 saturated heterocycles. The molecule has 1 unspecified atom stereocenters. The van der Waals surface area contributed by atoms with Gasteiger partial charge in [0.1, 0.15) is 0 Å². The molecule has 0 spiro atoms. The molecule has 1 aliphatic heterocycles. The fraction of sp³-hybridized carbons (Fsp3) is 0.267. The van der Waals surface area contributed by atoms with E-state index in [-0.39, 0.29) is 23.6 Å². The Morgan fingerprint density at radius 3 is 2.67 bits per heavy atom. The second kappa shape index (κ2) is 13.5. The summed E-state index contributed by atoms with van der Waals surface area (Å²) in [6.45, 7) is 0.982. The maximum Gasteiger partial charge on any atom is 0.423 e. The lowest BCUT2D eigenvalue weighted by molar-refractivity contribution is -0.175. The van der Waals surface area contributed by atoms with Gasteiger partial charge in [0.05, 0.1) is 18.7 Å². The van der Waals surface area contributed by atoms with Crippen LogP contribution in [-0.4, -0.2) is 47.3 Å². The highest BCUT2D eigenvalue weighted by Crippen LogP contribution is 2.44. The van der Waals surface area contributed by atoms with Gasteiger partial charge in [-0.3, -0.25) is 4.90 Å². The Balaban J connectivity index is 1.28. The largest absolute Gasteiger partial charge is 0.491 e. The number of aromatic carboxylic acids is 1. The Morgan fingerprint density at radius 2 is 1.95 bits per heavy atom. The number of azo groups is 1. The topological polar surface area (TPSA) is 87.4 Å². The van der Waals surface area contributed by atoms with Gasteiger partial charge in [-0.15, -0.1) is 11.3 Å². The molecule has 0 saturated carbocycles. The van der Waals surface area contributed by atoms with E-state index in [9.17, 15) is 22.4 Å². The third kappa shape index (κ3) is 7.48. The van der Waals surface area contributed by atoms with Crippen LogP contribution in [0.15, 0.2) is 82.6 Å². The van der Waals surface area contributed by atoms with Gasteiger partial charge in [0.15, 0.2) is 17.3 Å². The van der Waals surface area contributed by atoms with Crippen LogP contribution < -0.4 is 4.74 Å². The molecular formula is C30H26F4N4O3S. The quantitative estimate of drug-likeness (QED) is 0.158. The average molecular weight is 599 g/mol. The van der Waals surface area contributed by atoms with Crippen LogP contribution in [0, 0.1) is 17.7 Å². The number of rotatable bonds is 10. The minimum Gasteiger partial charge on any atom is -0.491 e. The Bertz CT molecular complexity index is 1540. The highest BCUT2D eigenvalue weighted by Gasteiger charge is 2.55. The molecule has 1 N–H and O–H groups in total. The van der Waals surface area contributed by atoms with E-state index in [4.69, 9.17) is 9.84 Å². The van der Waals surface area contributed by atoms with Crippen LogP contribution in [-0.2, 0) is 18.5 Å². The van der Waals surface area contributed by atoms with Crippen molar-refractivity contribution in [2.75, 3.05) is 20.2 Å². The molecule has 0 bridgehead atoms. The number of halogens is 4. The first-order chi connectivity index (χ1) is 20.1. The maximum absolute atomic E-state index is 14.5. The van der Waals surface area contributed by atoms with Gasteiger partial charge in [0, 0.05) is 23.2 Å². The Labute approximate surface area is 243 Å². The molecule has 42 heavy (non-hydrogen) atoms. The number of aromatic nitrogens is 1. The van der Waals surface area contributed by atoms with Crippen LogP contribution in [0.1, 0.15) is 38.5 Å². The predicted octanol–water partition coefficient (Wildman–Crippen LogP) is 6.77. The number of thiazole rings is 1. The summed E-state index contributed by atoms with van der Waals surface area (Å²) in [4.78, 5) is 17.5. The first kappa shape index (κ1) is 30.6. The van der Waals surface area contributed by atoms with Crippen molar-refractivity contribution in [1.82, 2.24) is 9.88 Å². The molecule has 0 amide bonds. The molecule has 0 aliphatic carbocycles. The van der Waals surface area contributed by atoms with Crippen molar-refractivity contribution >= 4 is 17.3 Å². The second-order valence-electron chi connectivity index (χ2n) is 9.38. The summed E-state index contributed by atoms with van der Waals surface area (Å²) in [6.07, 6.45) is 1.18. The Kier molecular flexibility index (Phi) is 9.88. The summed E-state index contributed by atoms with van der Waals surface area (Å²) in [5.41, 5.74) is 0.181. The minimum absolute atomic E-state index is 0.0325. The standard InChI is InChI=1S/C30H26F4N4O3S/c1-38(19-22-8-11-23(12-9-22)29(30(32,33)34)14-2-3-15-36-37-29)16-4-6-21-10-13-25(24(31)18-21)41-17-5-7-26-27(28(39)40)35-20-42-26/h2-3,8-15,18,20H,5,7,16-17,19H2,1H3,(H,39,40). The minimum atomic E-state index is -4.66. The van der Waals surface area contributed by atoms with E-state index in [0.29, 0.717) is 36.4 Å². The van der Waals surface area contributed by atoms with Gasteiger partial charge in [-0.05, 0) is 61.4 Å².